The number of benzene rings is 1. The van der Waals surface area contributed by atoms with E-state index in [1.54, 1.807) is 6.92 Å². The van der Waals surface area contributed by atoms with Gasteiger partial charge in [0.05, 0.1) is 112 Å². The van der Waals surface area contributed by atoms with Gasteiger partial charge in [-0.3, -0.25) is 14.4 Å². The van der Waals surface area contributed by atoms with Crippen molar-refractivity contribution in [3.05, 3.63) is 30.1 Å². The molecule has 0 saturated carbocycles. The van der Waals surface area contributed by atoms with Crippen molar-refractivity contribution in [2.75, 3.05) is 125 Å². The number of aromatic nitrogens is 4. The van der Waals surface area contributed by atoms with Gasteiger partial charge in [-0.15, -0.1) is 20.4 Å². The molecule has 2 aromatic rings. The van der Waals surface area contributed by atoms with E-state index in [0.29, 0.717) is 111 Å². The first-order valence-electron chi connectivity index (χ1n) is 16.3. The Morgan fingerprint density at radius 2 is 0.940 bits per heavy atom. The van der Waals surface area contributed by atoms with Gasteiger partial charge in [-0.05, 0) is 31.2 Å². The number of hydrogen-bond acceptors (Lipinski definition) is 16. The van der Waals surface area contributed by atoms with Crippen LogP contribution in [0.25, 0.3) is 11.4 Å². The van der Waals surface area contributed by atoms with Crippen LogP contribution in [-0.4, -0.2) is 163 Å². The zero-order valence-corrected chi connectivity index (χ0v) is 28.6. The van der Waals surface area contributed by atoms with E-state index in [-0.39, 0.29) is 32.1 Å². The van der Waals surface area contributed by atoms with Gasteiger partial charge in [0.15, 0.2) is 5.82 Å². The normalized spacial score (nSPS) is 10.9. The maximum atomic E-state index is 11.7. The van der Waals surface area contributed by atoms with E-state index in [2.05, 4.69) is 36.3 Å². The monoisotopic (exact) mass is 710 g/mol. The number of carbonyl (C=O) groups excluding carboxylic acids is 3. The van der Waals surface area contributed by atoms with Crippen LogP contribution in [0.15, 0.2) is 24.3 Å². The van der Waals surface area contributed by atoms with Crippen LogP contribution < -0.4 is 26.4 Å². The molecular weight excluding hydrogens is 660 g/mol. The zero-order valence-electron chi connectivity index (χ0n) is 28.6. The molecule has 0 spiro atoms. The van der Waals surface area contributed by atoms with Gasteiger partial charge in [0.2, 0.25) is 23.5 Å². The first kappa shape index (κ1) is 42.2. The molecule has 2 rings (SSSR count). The van der Waals surface area contributed by atoms with Crippen LogP contribution in [0.2, 0.25) is 0 Å². The Labute approximate surface area is 291 Å². The number of rotatable bonds is 31. The average molecular weight is 711 g/mol. The third-order valence-electron chi connectivity index (χ3n) is 6.07. The largest absolute Gasteiger partial charge is 0.491 e. The second-order valence-corrected chi connectivity index (χ2v) is 10.0. The van der Waals surface area contributed by atoms with Crippen molar-refractivity contribution in [3.63, 3.8) is 0 Å². The highest BCUT2D eigenvalue weighted by Gasteiger charge is 2.07. The van der Waals surface area contributed by atoms with E-state index in [1.807, 2.05) is 24.3 Å². The van der Waals surface area contributed by atoms with E-state index in [1.165, 1.54) is 0 Å². The average Bonchev–Trinajstić information content (AvgIpc) is 3.13. The highest BCUT2D eigenvalue weighted by Crippen LogP contribution is 2.18. The Balaban J connectivity index is 1.23. The predicted octanol–water partition coefficient (Wildman–Crippen LogP) is -1.96. The highest BCUT2D eigenvalue weighted by molar-refractivity contribution is 5.88. The van der Waals surface area contributed by atoms with Crippen LogP contribution in [0.4, 0.5) is 0 Å². The van der Waals surface area contributed by atoms with Crippen LogP contribution in [-0.2, 0) is 47.5 Å². The molecule has 3 amide bonds. The molecule has 19 nitrogen and oxygen atoms in total. The third kappa shape index (κ3) is 22.6. The van der Waals surface area contributed by atoms with Crippen LogP contribution in [0, 0.1) is 6.92 Å². The SMILES string of the molecule is Cc1nnc(-c2ccc(OCCOCCOCCOCCOCCOCCOCCOCCNC(=O)CNC(=O)CNC(=O)CN)cc2)nn1. The molecule has 1 aromatic heterocycles. The topological polar surface area (TPSA) is 239 Å². The first-order valence-corrected chi connectivity index (χ1v) is 16.3. The van der Waals surface area contributed by atoms with Gasteiger partial charge >= 0.3 is 0 Å². The molecule has 1 aromatic carbocycles. The number of nitrogens with zero attached hydrogens (tertiary/aromatic N) is 4. The summed E-state index contributed by atoms with van der Waals surface area (Å²) in [7, 11) is 0. The summed E-state index contributed by atoms with van der Waals surface area (Å²) in [5, 5.41) is 23.1. The van der Waals surface area contributed by atoms with Gasteiger partial charge in [0, 0.05) is 12.1 Å². The first-order chi connectivity index (χ1) is 24.5. The molecule has 280 valence electrons. The quantitative estimate of drug-likeness (QED) is 0.0622. The molecule has 0 saturated heterocycles. The van der Waals surface area contributed by atoms with Crippen molar-refractivity contribution in [3.8, 4) is 17.1 Å². The summed E-state index contributed by atoms with van der Waals surface area (Å²) in [4.78, 5) is 34.1. The van der Waals surface area contributed by atoms with Gasteiger partial charge < -0.3 is 59.6 Å². The smallest absolute Gasteiger partial charge is 0.239 e. The van der Waals surface area contributed by atoms with E-state index >= 15 is 0 Å². The summed E-state index contributed by atoms with van der Waals surface area (Å²) in [6, 6.07) is 7.38. The number of hydrogen-bond donors (Lipinski definition) is 4. The molecule has 0 unspecified atom stereocenters. The minimum absolute atomic E-state index is 0.201. The second-order valence-electron chi connectivity index (χ2n) is 10.0. The maximum Gasteiger partial charge on any atom is 0.239 e. The Morgan fingerprint density at radius 1 is 0.540 bits per heavy atom. The third-order valence-corrected chi connectivity index (χ3v) is 6.07. The Bertz CT molecular complexity index is 1180. The molecule has 0 atom stereocenters. The predicted molar refractivity (Wildman–Crippen MR) is 177 cm³/mol. The van der Waals surface area contributed by atoms with Crippen molar-refractivity contribution in [1.82, 2.24) is 36.3 Å². The highest BCUT2D eigenvalue weighted by atomic mass is 16.6. The van der Waals surface area contributed by atoms with Crippen molar-refractivity contribution in [1.29, 1.82) is 0 Å². The molecule has 0 aliphatic carbocycles. The number of ether oxygens (including phenoxy) is 8. The second kappa shape index (κ2) is 28.8. The number of nitrogens with two attached hydrogens (primary N) is 1. The summed E-state index contributed by atoms with van der Waals surface area (Å²) in [5.74, 6) is 0.396. The summed E-state index contributed by atoms with van der Waals surface area (Å²) in [5.41, 5.74) is 5.93. The summed E-state index contributed by atoms with van der Waals surface area (Å²) >= 11 is 0. The van der Waals surface area contributed by atoms with Crippen LogP contribution in [0.1, 0.15) is 5.82 Å². The van der Waals surface area contributed by atoms with E-state index in [4.69, 9.17) is 43.6 Å². The van der Waals surface area contributed by atoms with Gasteiger partial charge in [0.25, 0.3) is 0 Å². The number of aryl methyl sites for hydroxylation is 1. The molecule has 1 heterocycles. The number of amides is 3. The van der Waals surface area contributed by atoms with E-state index in [0.717, 1.165) is 11.3 Å². The summed E-state index contributed by atoms with van der Waals surface area (Å²) in [6.07, 6.45) is 0. The standard InChI is InChI=1S/C31H50N8O11/c1-25-36-38-31(39-37-25)26-2-4-27(5-3-26)50-21-20-49-19-18-48-17-16-47-15-14-46-13-12-45-11-10-44-9-8-43-7-6-33-29(41)23-35-30(42)24-34-28(40)22-32/h2-5H,6-24,32H2,1H3,(H,33,41)(H,34,40)(H,35,42). The van der Waals surface area contributed by atoms with Crippen molar-refractivity contribution in [2.45, 2.75) is 6.92 Å². The van der Waals surface area contributed by atoms with Crippen molar-refractivity contribution in [2.24, 2.45) is 5.73 Å². The maximum absolute atomic E-state index is 11.7. The van der Waals surface area contributed by atoms with Crippen molar-refractivity contribution < 1.29 is 52.3 Å². The lowest BCUT2D eigenvalue weighted by Gasteiger charge is -2.09. The molecule has 0 aliphatic rings. The minimum Gasteiger partial charge on any atom is -0.491 e. The fourth-order valence-electron chi connectivity index (χ4n) is 3.55. The summed E-state index contributed by atoms with van der Waals surface area (Å²) in [6.45, 7) is 7.82. The fraction of sp³-hybridized carbons (Fsp3) is 0.645. The van der Waals surface area contributed by atoms with Gasteiger partial charge in [0.1, 0.15) is 12.4 Å². The van der Waals surface area contributed by atoms with E-state index in [9.17, 15) is 14.4 Å². The Morgan fingerprint density at radius 3 is 1.40 bits per heavy atom. The molecule has 50 heavy (non-hydrogen) atoms. The van der Waals surface area contributed by atoms with Crippen LogP contribution in [0.3, 0.4) is 0 Å². The van der Waals surface area contributed by atoms with E-state index < -0.39 is 11.8 Å². The molecule has 19 heteroatoms. The molecular formula is C31H50N8O11. The zero-order chi connectivity index (χ0) is 35.9. The molecule has 5 N–H and O–H groups in total. The molecule has 0 fully saturated rings. The number of carbonyl (C=O) groups is 3. The fourth-order valence-corrected chi connectivity index (χ4v) is 3.55. The lowest BCUT2D eigenvalue weighted by atomic mass is 10.2. The Hall–Kier alpha value is -3.95. The molecule has 0 bridgehead atoms. The summed E-state index contributed by atoms with van der Waals surface area (Å²) < 4.78 is 43.9. The molecule has 0 aliphatic heterocycles. The van der Waals surface area contributed by atoms with Crippen LogP contribution >= 0.6 is 0 Å². The van der Waals surface area contributed by atoms with Gasteiger partial charge in [-0.1, -0.05) is 0 Å². The minimum atomic E-state index is -0.486. The van der Waals surface area contributed by atoms with Crippen molar-refractivity contribution >= 4 is 17.7 Å². The van der Waals surface area contributed by atoms with Gasteiger partial charge in [-0.2, -0.15) is 0 Å². The van der Waals surface area contributed by atoms with Gasteiger partial charge in [-0.25, -0.2) is 0 Å². The van der Waals surface area contributed by atoms with Crippen LogP contribution in [0.5, 0.6) is 5.75 Å². The number of nitrogens with one attached hydrogen (secondary N) is 3. The lowest BCUT2D eigenvalue weighted by molar-refractivity contribution is -0.127. The molecule has 0 radical (unpaired) electrons. The lowest BCUT2D eigenvalue weighted by Crippen LogP contribution is -2.43. The Kier molecular flexibility index (Phi) is 24.4.